The van der Waals surface area contributed by atoms with Crippen LogP contribution in [0, 0.1) is 11.3 Å². The van der Waals surface area contributed by atoms with Crippen LogP contribution in [0.25, 0.3) is 0 Å². The maximum atomic E-state index is 12.3. The Balaban J connectivity index is 2.86. The third-order valence-electron chi connectivity index (χ3n) is 4.78. The first-order valence-electron chi connectivity index (χ1n) is 10.1. The van der Waals surface area contributed by atoms with Crippen molar-refractivity contribution >= 4 is 23.7 Å². The molecule has 0 spiro atoms. The fraction of sp³-hybridized carbons (Fsp3) is 0.810. The van der Waals surface area contributed by atoms with Crippen LogP contribution in [0.15, 0.2) is 0 Å². The Bertz CT molecular complexity index is 626. The molecule has 9 heteroatoms. The lowest BCUT2D eigenvalue weighted by Gasteiger charge is -2.40. The van der Waals surface area contributed by atoms with Crippen LogP contribution in [0.2, 0.25) is 0 Å². The molecule has 1 heterocycles. The number of esters is 3. The molecule has 0 aliphatic carbocycles. The van der Waals surface area contributed by atoms with Gasteiger partial charge in [-0.05, 0) is 6.42 Å². The van der Waals surface area contributed by atoms with Gasteiger partial charge in [0.05, 0.1) is 6.61 Å². The SMILES string of the molecule is CC(=O)OCC1OC(OCCC(C)(C)C(=O)C(C)C)CC(OC(C)=O)C1OC(C)=O. The smallest absolute Gasteiger partial charge is 0.303 e. The largest absolute Gasteiger partial charge is 0.463 e. The van der Waals surface area contributed by atoms with Crippen molar-refractivity contribution in [3.05, 3.63) is 0 Å². The van der Waals surface area contributed by atoms with E-state index in [-0.39, 0.29) is 31.3 Å². The molecule has 0 aromatic heterocycles. The van der Waals surface area contributed by atoms with Gasteiger partial charge in [0, 0.05) is 38.5 Å². The lowest BCUT2D eigenvalue weighted by Crippen LogP contribution is -2.54. The van der Waals surface area contributed by atoms with Crippen molar-refractivity contribution in [1.82, 2.24) is 0 Å². The average Bonchev–Trinajstić information content (AvgIpc) is 2.60. The van der Waals surface area contributed by atoms with E-state index in [0.717, 1.165) is 0 Å². The molecule has 0 amide bonds. The Morgan fingerprint density at radius 3 is 2.10 bits per heavy atom. The molecule has 1 fully saturated rings. The molecule has 4 unspecified atom stereocenters. The quantitative estimate of drug-likeness (QED) is 0.380. The summed E-state index contributed by atoms with van der Waals surface area (Å²) in [7, 11) is 0. The number of rotatable bonds is 10. The topological polar surface area (TPSA) is 114 Å². The van der Waals surface area contributed by atoms with Gasteiger partial charge in [-0.15, -0.1) is 0 Å². The van der Waals surface area contributed by atoms with Gasteiger partial charge in [-0.3, -0.25) is 19.2 Å². The predicted molar refractivity (Wildman–Crippen MR) is 105 cm³/mol. The van der Waals surface area contributed by atoms with Crippen LogP contribution in [-0.4, -0.2) is 61.5 Å². The highest BCUT2D eigenvalue weighted by Gasteiger charge is 2.44. The zero-order chi connectivity index (χ0) is 23.1. The number of carbonyl (C=O) groups is 4. The second-order valence-electron chi connectivity index (χ2n) is 8.39. The maximum absolute atomic E-state index is 12.3. The minimum Gasteiger partial charge on any atom is -0.463 e. The summed E-state index contributed by atoms with van der Waals surface area (Å²) in [6.45, 7) is 11.2. The highest BCUT2D eigenvalue weighted by Crippen LogP contribution is 2.29. The van der Waals surface area contributed by atoms with Crippen molar-refractivity contribution in [2.75, 3.05) is 13.2 Å². The van der Waals surface area contributed by atoms with Gasteiger partial charge >= 0.3 is 17.9 Å². The minimum absolute atomic E-state index is 0.0862. The van der Waals surface area contributed by atoms with Gasteiger partial charge < -0.3 is 23.7 Å². The number of carbonyl (C=O) groups excluding carboxylic acids is 4. The Morgan fingerprint density at radius 2 is 1.60 bits per heavy atom. The van der Waals surface area contributed by atoms with Gasteiger partial charge in [-0.2, -0.15) is 0 Å². The van der Waals surface area contributed by atoms with Crippen LogP contribution in [0.3, 0.4) is 0 Å². The van der Waals surface area contributed by atoms with Crippen molar-refractivity contribution in [2.45, 2.75) is 85.9 Å². The molecule has 0 N–H and O–H groups in total. The average molecular weight is 430 g/mol. The van der Waals surface area contributed by atoms with Crippen molar-refractivity contribution in [3.63, 3.8) is 0 Å². The van der Waals surface area contributed by atoms with Gasteiger partial charge in [-0.1, -0.05) is 27.7 Å². The number of hydrogen-bond acceptors (Lipinski definition) is 9. The van der Waals surface area contributed by atoms with Crippen molar-refractivity contribution < 1.29 is 42.9 Å². The zero-order valence-electron chi connectivity index (χ0n) is 18.9. The second-order valence-corrected chi connectivity index (χ2v) is 8.39. The number of Topliss-reactive ketones (excluding diaryl/α,β-unsaturated/α-hetero) is 1. The van der Waals surface area contributed by atoms with E-state index in [2.05, 4.69) is 0 Å². The summed E-state index contributed by atoms with van der Waals surface area (Å²) in [6.07, 6.45) is -2.81. The Hall–Kier alpha value is -2.00. The highest BCUT2D eigenvalue weighted by molar-refractivity contribution is 5.85. The molecular formula is C21H34O9. The third kappa shape index (κ3) is 8.39. The maximum Gasteiger partial charge on any atom is 0.303 e. The van der Waals surface area contributed by atoms with E-state index in [0.29, 0.717) is 6.42 Å². The molecule has 0 saturated carbocycles. The van der Waals surface area contributed by atoms with Crippen LogP contribution in [-0.2, 0) is 42.9 Å². The molecule has 30 heavy (non-hydrogen) atoms. The van der Waals surface area contributed by atoms with Crippen molar-refractivity contribution in [2.24, 2.45) is 11.3 Å². The van der Waals surface area contributed by atoms with E-state index in [9.17, 15) is 19.2 Å². The molecule has 0 aromatic carbocycles. The van der Waals surface area contributed by atoms with Gasteiger partial charge in [-0.25, -0.2) is 0 Å². The summed E-state index contributed by atoms with van der Waals surface area (Å²) in [4.78, 5) is 46.6. The Labute approximate surface area is 177 Å². The molecule has 9 nitrogen and oxygen atoms in total. The summed E-state index contributed by atoms with van der Waals surface area (Å²) in [5.74, 6) is -1.61. The third-order valence-corrected chi connectivity index (χ3v) is 4.78. The summed E-state index contributed by atoms with van der Waals surface area (Å²) in [6, 6.07) is 0. The monoisotopic (exact) mass is 430 g/mol. The Kier molecular flexibility index (Phi) is 9.90. The van der Waals surface area contributed by atoms with Crippen LogP contribution in [0.4, 0.5) is 0 Å². The van der Waals surface area contributed by atoms with Crippen molar-refractivity contribution in [1.29, 1.82) is 0 Å². The number of hydrogen-bond donors (Lipinski definition) is 0. The van der Waals surface area contributed by atoms with Crippen LogP contribution < -0.4 is 0 Å². The van der Waals surface area contributed by atoms with E-state index in [1.165, 1.54) is 20.8 Å². The second kappa shape index (κ2) is 11.4. The molecule has 0 bridgehead atoms. The molecule has 172 valence electrons. The van der Waals surface area contributed by atoms with Crippen LogP contribution in [0.1, 0.15) is 61.3 Å². The zero-order valence-corrected chi connectivity index (χ0v) is 18.9. The summed E-state index contributed by atoms with van der Waals surface area (Å²) in [5, 5.41) is 0. The normalized spacial score (nSPS) is 24.3. The van der Waals surface area contributed by atoms with Crippen LogP contribution >= 0.6 is 0 Å². The van der Waals surface area contributed by atoms with E-state index in [1.54, 1.807) is 0 Å². The van der Waals surface area contributed by atoms with Crippen molar-refractivity contribution in [3.8, 4) is 0 Å². The molecule has 1 aliphatic heterocycles. The minimum atomic E-state index is -0.940. The Morgan fingerprint density at radius 1 is 1.00 bits per heavy atom. The first-order valence-corrected chi connectivity index (χ1v) is 10.1. The number of ether oxygens (including phenoxy) is 5. The molecule has 1 aliphatic rings. The van der Waals surface area contributed by atoms with Gasteiger partial charge in [0.2, 0.25) is 0 Å². The molecule has 0 aromatic rings. The standard InChI is InChI=1S/C21H34O9/c1-12(2)20(25)21(6,7)8-9-26-18-10-16(28-14(4)23)19(29-15(5)24)17(30-18)11-27-13(3)22/h12,16-19H,8-11H2,1-7H3. The predicted octanol–water partition coefficient (Wildman–Crippen LogP) is 2.19. The summed E-state index contributed by atoms with van der Waals surface area (Å²) >= 11 is 0. The van der Waals surface area contributed by atoms with E-state index in [4.69, 9.17) is 23.7 Å². The molecule has 1 saturated heterocycles. The highest BCUT2D eigenvalue weighted by atomic mass is 16.7. The molecule has 0 radical (unpaired) electrons. The van der Waals surface area contributed by atoms with Crippen LogP contribution in [0.5, 0.6) is 0 Å². The molecular weight excluding hydrogens is 396 g/mol. The number of ketones is 1. The molecule has 1 rings (SSSR count). The molecule has 4 atom stereocenters. The summed E-state index contributed by atoms with van der Waals surface area (Å²) in [5.41, 5.74) is -0.560. The van der Waals surface area contributed by atoms with Gasteiger partial charge in [0.25, 0.3) is 0 Å². The van der Waals surface area contributed by atoms with E-state index >= 15 is 0 Å². The fourth-order valence-electron chi connectivity index (χ4n) is 3.35. The lowest BCUT2D eigenvalue weighted by molar-refractivity contribution is -0.267. The first-order chi connectivity index (χ1) is 13.8. The lowest BCUT2D eigenvalue weighted by atomic mass is 9.80. The first kappa shape index (κ1) is 26.0. The van der Waals surface area contributed by atoms with E-state index in [1.807, 2.05) is 27.7 Å². The summed E-state index contributed by atoms with van der Waals surface area (Å²) < 4.78 is 27.3. The fourth-order valence-corrected chi connectivity index (χ4v) is 3.35. The van der Waals surface area contributed by atoms with Gasteiger partial charge in [0.1, 0.15) is 24.6 Å². The van der Waals surface area contributed by atoms with Gasteiger partial charge in [0.15, 0.2) is 12.4 Å². The van der Waals surface area contributed by atoms with E-state index < -0.39 is 47.9 Å².